The number of halogens is 1. The van der Waals surface area contributed by atoms with E-state index in [1.54, 1.807) is 18.3 Å². The van der Waals surface area contributed by atoms with Crippen LogP contribution in [-0.2, 0) is 10.0 Å². The Labute approximate surface area is 211 Å². The van der Waals surface area contributed by atoms with Crippen molar-refractivity contribution in [3.63, 3.8) is 0 Å². The number of piperazine rings is 1. The second-order valence-electron chi connectivity index (χ2n) is 8.79. The molecule has 6 nitrogen and oxygen atoms in total. The van der Waals surface area contributed by atoms with Gasteiger partial charge in [-0.3, -0.25) is 5.01 Å². The summed E-state index contributed by atoms with van der Waals surface area (Å²) < 4.78 is 29.9. The Morgan fingerprint density at radius 1 is 0.914 bits per heavy atom. The van der Waals surface area contributed by atoms with E-state index >= 15 is 0 Å². The topological polar surface area (TPSA) is 57.9 Å². The van der Waals surface area contributed by atoms with E-state index in [1.165, 1.54) is 10.0 Å². The molecule has 5 rings (SSSR count). The number of hydrogen-bond donors (Lipinski definition) is 0. The van der Waals surface area contributed by atoms with E-state index in [-0.39, 0.29) is 4.90 Å². The van der Waals surface area contributed by atoms with Crippen molar-refractivity contribution in [2.45, 2.75) is 11.8 Å². The molecule has 0 N–H and O–H groups in total. The predicted molar refractivity (Wildman–Crippen MR) is 143 cm³/mol. The molecule has 0 amide bonds. The van der Waals surface area contributed by atoms with Crippen LogP contribution in [0.1, 0.15) is 11.3 Å². The summed E-state index contributed by atoms with van der Waals surface area (Å²) in [4.78, 5) is 2.44. The molecule has 4 aromatic rings. The second kappa shape index (κ2) is 9.49. The minimum absolute atomic E-state index is 0.169. The fraction of sp³-hybridized carbons (Fsp3) is 0.222. The highest BCUT2D eigenvalue weighted by molar-refractivity contribution is 7.90. The molecule has 0 bridgehead atoms. The number of hydrazone groups is 1. The molecule has 0 unspecified atom stereocenters. The van der Waals surface area contributed by atoms with Crippen molar-refractivity contribution in [3.05, 3.63) is 89.1 Å². The maximum atomic E-state index is 14.2. The molecule has 1 aliphatic rings. The number of hydrogen-bond acceptors (Lipinski definition) is 5. The molecule has 1 aromatic heterocycles. The van der Waals surface area contributed by atoms with Crippen LogP contribution in [0.4, 0.5) is 0 Å². The summed E-state index contributed by atoms with van der Waals surface area (Å²) >= 11 is 6.30. The second-order valence-corrected chi connectivity index (χ2v) is 11.0. The maximum Gasteiger partial charge on any atom is 0.269 e. The first kappa shape index (κ1) is 23.6. The largest absolute Gasteiger partial charge is 0.303 e. The standard InChI is InChI=1S/C27H27ClN4O2S/c1-20-25(19-29-31-16-14-30(2)15-17-31)24-10-6-7-11-26(24)32(20)35(33,34)27-18-22(28)12-13-23(27)21-8-4-3-5-9-21/h3-13,18-19H,14-17H2,1-2H3. The summed E-state index contributed by atoms with van der Waals surface area (Å²) in [5.41, 5.74) is 3.45. The van der Waals surface area contributed by atoms with E-state index in [0.29, 0.717) is 21.8 Å². The maximum absolute atomic E-state index is 14.2. The Kier molecular flexibility index (Phi) is 6.40. The molecule has 8 heteroatoms. The zero-order chi connectivity index (χ0) is 24.6. The van der Waals surface area contributed by atoms with Crippen LogP contribution in [0.3, 0.4) is 0 Å². The van der Waals surface area contributed by atoms with Crippen molar-refractivity contribution >= 4 is 38.7 Å². The first-order chi connectivity index (χ1) is 16.9. The van der Waals surface area contributed by atoms with Crippen molar-refractivity contribution in [1.82, 2.24) is 13.9 Å². The van der Waals surface area contributed by atoms with Crippen molar-refractivity contribution in [1.29, 1.82) is 0 Å². The lowest BCUT2D eigenvalue weighted by Gasteiger charge is -2.30. The van der Waals surface area contributed by atoms with E-state index in [2.05, 4.69) is 11.9 Å². The van der Waals surface area contributed by atoms with Gasteiger partial charge < -0.3 is 4.90 Å². The van der Waals surface area contributed by atoms with Crippen LogP contribution >= 0.6 is 11.6 Å². The van der Waals surface area contributed by atoms with Gasteiger partial charge in [-0.1, -0.05) is 66.2 Å². The van der Waals surface area contributed by atoms with Gasteiger partial charge in [-0.2, -0.15) is 5.10 Å². The number of para-hydroxylation sites is 1. The summed E-state index contributed by atoms with van der Waals surface area (Å²) in [6, 6.07) is 22.1. The summed E-state index contributed by atoms with van der Waals surface area (Å²) in [5.74, 6) is 0. The average Bonchev–Trinajstić information content (AvgIpc) is 3.16. The van der Waals surface area contributed by atoms with Gasteiger partial charge in [0.15, 0.2) is 0 Å². The number of nitrogens with zero attached hydrogens (tertiary/aromatic N) is 4. The summed E-state index contributed by atoms with van der Waals surface area (Å²) in [6.07, 6.45) is 1.80. The minimum Gasteiger partial charge on any atom is -0.303 e. The molecule has 180 valence electrons. The third-order valence-electron chi connectivity index (χ3n) is 6.48. The third-order valence-corrected chi connectivity index (χ3v) is 8.56. The molecule has 0 radical (unpaired) electrons. The normalized spacial score (nSPS) is 15.3. The predicted octanol–water partition coefficient (Wildman–Crippen LogP) is 5.09. The summed E-state index contributed by atoms with van der Waals surface area (Å²) in [6.45, 7) is 5.40. The Morgan fingerprint density at radius 2 is 1.60 bits per heavy atom. The van der Waals surface area contributed by atoms with E-state index in [9.17, 15) is 8.42 Å². The van der Waals surface area contributed by atoms with Crippen molar-refractivity contribution in [2.24, 2.45) is 5.10 Å². The first-order valence-corrected chi connectivity index (χ1v) is 13.4. The minimum atomic E-state index is -3.98. The molecule has 0 spiro atoms. The molecular weight excluding hydrogens is 480 g/mol. The van der Waals surface area contributed by atoms with E-state index in [1.807, 2.05) is 66.5 Å². The fourth-order valence-electron chi connectivity index (χ4n) is 4.55. The van der Waals surface area contributed by atoms with Gasteiger partial charge in [0.05, 0.1) is 16.6 Å². The lowest BCUT2D eigenvalue weighted by atomic mass is 10.1. The van der Waals surface area contributed by atoms with Crippen LogP contribution in [0.5, 0.6) is 0 Å². The highest BCUT2D eigenvalue weighted by Crippen LogP contribution is 2.35. The Morgan fingerprint density at radius 3 is 2.34 bits per heavy atom. The van der Waals surface area contributed by atoms with Crippen LogP contribution in [0.25, 0.3) is 22.0 Å². The highest BCUT2D eigenvalue weighted by Gasteiger charge is 2.27. The van der Waals surface area contributed by atoms with Gasteiger partial charge in [0.1, 0.15) is 0 Å². The Balaban J connectivity index is 1.66. The fourth-order valence-corrected chi connectivity index (χ4v) is 6.60. The number of likely N-dealkylation sites (N-methyl/N-ethyl adjacent to an activating group) is 1. The molecule has 1 aliphatic heterocycles. The number of aromatic nitrogens is 1. The smallest absolute Gasteiger partial charge is 0.269 e. The highest BCUT2D eigenvalue weighted by atomic mass is 35.5. The monoisotopic (exact) mass is 506 g/mol. The van der Waals surface area contributed by atoms with Crippen LogP contribution in [-0.4, -0.2) is 61.7 Å². The molecule has 2 heterocycles. The Hall–Kier alpha value is -3.13. The number of rotatable bonds is 5. The van der Waals surface area contributed by atoms with Gasteiger partial charge in [-0.05, 0) is 37.7 Å². The zero-order valence-corrected chi connectivity index (χ0v) is 21.3. The first-order valence-electron chi connectivity index (χ1n) is 11.5. The average molecular weight is 507 g/mol. The number of benzene rings is 3. The van der Waals surface area contributed by atoms with Gasteiger partial charge in [-0.15, -0.1) is 0 Å². The Bertz CT molecular complexity index is 1510. The molecular formula is C27H27ClN4O2S. The van der Waals surface area contributed by atoms with Crippen LogP contribution in [0.15, 0.2) is 82.8 Å². The van der Waals surface area contributed by atoms with Gasteiger partial charge in [0, 0.05) is 53.4 Å². The van der Waals surface area contributed by atoms with E-state index in [4.69, 9.17) is 16.7 Å². The summed E-state index contributed by atoms with van der Waals surface area (Å²) in [7, 11) is -1.88. The van der Waals surface area contributed by atoms with Crippen molar-refractivity contribution < 1.29 is 8.42 Å². The molecule has 1 fully saturated rings. The van der Waals surface area contributed by atoms with Gasteiger partial charge in [-0.25, -0.2) is 12.4 Å². The lowest BCUT2D eigenvalue weighted by molar-refractivity contribution is 0.159. The molecule has 35 heavy (non-hydrogen) atoms. The van der Waals surface area contributed by atoms with Gasteiger partial charge in [0.25, 0.3) is 10.0 Å². The van der Waals surface area contributed by atoms with E-state index < -0.39 is 10.0 Å². The van der Waals surface area contributed by atoms with Crippen LogP contribution in [0.2, 0.25) is 5.02 Å². The molecule has 3 aromatic carbocycles. The van der Waals surface area contributed by atoms with Crippen molar-refractivity contribution in [2.75, 3.05) is 33.2 Å². The zero-order valence-electron chi connectivity index (χ0n) is 19.7. The lowest BCUT2D eigenvalue weighted by Crippen LogP contribution is -2.41. The quantitative estimate of drug-likeness (QED) is 0.354. The SMILES string of the molecule is Cc1c(C=NN2CCN(C)CC2)c2ccccc2n1S(=O)(=O)c1cc(Cl)ccc1-c1ccccc1. The third kappa shape index (κ3) is 4.47. The van der Waals surface area contributed by atoms with Crippen LogP contribution < -0.4 is 0 Å². The summed E-state index contributed by atoms with van der Waals surface area (Å²) in [5, 5.41) is 7.94. The van der Waals surface area contributed by atoms with Gasteiger partial charge in [0.2, 0.25) is 0 Å². The molecule has 1 saturated heterocycles. The molecule has 0 atom stereocenters. The van der Waals surface area contributed by atoms with Crippen LogP contribution in [0, 0.1) is 6.92 Å². The van der Waals surface area contributed by atoms with E-state index in [0.717, 1.165) is 42.7 Å². The molecule has 0 saturated carbocycles. The molecule has 0 aliphatic carbocycles. The number of fused-ring (bicyclic) bond motifs is 1. The van der Waals surface area contributed by atoms with Gasteiger partial charge >= 0.3 is 0 Å². The van der Waals surface area contributed by atoms with Crippen molar-refractivity contribution in [3.8, 4) is 11.1 Å².